The number of sulfonamides is 1. The Balaban J connectivity index is 1.72. The van der Waals surface area contributed by atoms with E-state index in [1.807, 2.05) is 52.0 Å². The fourth-order valence-electron chi connectivity index (χ4n) is 3.35. The highest BCUT2D eigenvalue weighted by molar-refractivity contribution is 7.90. The number of amides is 1. The number of aliphatic imine (C=N–C) groups is 1. The first kappa shape index (κ1) is 23.9. The van der Waals surface area contributed by atoms with E-state index in [0.29, 0.717) is 18.7 Å². The van der Waals surface area contributed by atoms with Crippen LogP contribution in [0.3, 0.4) is 0 Å². The summed E-state index contributed by atoms with van der Waals surface area (Å²) in [7, 11) is -3.65. The summed E-state index contributed by atoms with van der Waals surface area (Å²) in [5.74, 6) is -0.0754. The number of carbonyl (C=O) groups excluding carboxylic acids is 1. The lowest BCUT2D eigenvalue weighted by atomic mass is 9.98. The first-order valence-corrected chi connectivity index (χ1v) is 12.4. The molecule has 0 bridgehead atoms. The van der Waals surface area contributed by atoms with Gasteiger partial charge in [-0.2, -0.15) is 0 Å². The van der Waals surface area contributed by atoms with Crippen LogP contribution in [0.4, 0.5) is 0 Å². The molecule has 172 valence electrons. The van der Waals surface area contributed by atoms with Gasteiger partial charge >= 0.3 is 0 Å². The lowest BCUT2D eigenvalue weighted by Gasteiger charge is -2.19. The maximum Gasteiger partial charge on any atom is 0.263 e. The molecule has 2 atom stereocenters. The SMILES string of the molecule is CC[C@H](C)[C@H](N=C1NS(=O)(=O)c2ccccc21)C(=O)NCc1ccc(COC(C)C)cc1. The monoisotopic (exact) mass is 457 g/mol. The standard InChI is InChI=1S/C24H31N3O4S/c1-5-17(4)22(26-23-20-8-6-7-9-21(20)32(29,30)27-23)24(28)25-14-18-10-12-19(13-11-18)15-31-16(2)3/h6-13,16-17,22H,5,14-15H2,1-4H3,(H,25,28)(H,26,27)/t17-,22-/m0/s1. The molecule has 7 nitrogen and oxygen atoms in total. The summed E-state index contributed by atoms with van der Waals surface area (Å²) < 4.78 is 32.8. The van der Waals surface area contributed by atoms with Crippen molar-refractivity contribution in [1.29, 1.82) is 0 Å². The summed E-state index contributed by atoms with van der Waals surface area (Å²) in [5.41, 5.74) is 2.53. The minimum atomic E-state index is -3.65. The molecular weight excluding hydrogens is 426 g/mol. The summed E-state index contributed by atoms with van der Waals surface area (Å²) in [6, 6.07) is 13.8. The van der Waals surface area contributed by atoms with Crippen LogP contribution in [0.5, 0.6) is 0 Å². The fourth-order valence-corrected chi connectivity index (χ4v) is 4.59. The van der Waals surface area contributed by atoms with Crippen LogP contribution < -0.4 is 10.0 Å². The summed E-state index contributed by atoms with van der Waals surface area (Å²) in [5, 5.41) is 2.95. The molecule has 0 spiro atoms. The Morgan fingerprint density at radius 3 is 2.38 bits per heavy atom. The van der Waals surface area contributed by atoms with Gasteiger partial charge in [0.05, 0.1) is 17.6 Å². The molecule has 0 unspecified atom stereocenters. The van der Waals surface area contributed by atoms with Gasteiger partial charge in [-0.15, -0.1) is 0 Å². The van der Waals surface area contributed by atoms with Gasteiger partial charge in [0, 0.05) is 12.1 Å². The van der Waals surface area contributed by atoms with Crippen molar-refractivity contribution in [2.45, 2.75) is 64.3 Å². The number of rotatable bonds is 9. The molecule has 1 aliphatic heterocycles. The Morgan fingerprint density at radius 1 is 1.06 bits per heavy atom. The van der Waals surface area contributed by atoms with Crippen LogP contribution in [0.15, 0.2) is 58.4 Å². The van der Waals surface area contributed by atoms with Crippen molar-refractivity contribution in [3.8, 4) is 0 Å². The van der Waals surface area contributed by atoms with Gasteiger partial charge in [-0.1, -0.05) is 56.7 Å². The van der Waals surface area contributed by atoms with Crippen LogP contribution in [0.2, 0.25) is 0 Å². The third-order valence-electron chi connectivity index (χ3n) is 5.46. The van der Waals surface area contributed by atoms with Crippen molar-refractivity contribution >= 4 is 21.8 Å². The lowest BCUT2D eigenvalue weighted by Crippen LogP contribution is -2.38. The van der Waals surface area contributed by atoms with E-state index in [1.54, 1.807) is 18.2 Å². The van der Waals surface area contributed by atoms with Crippen molar-refractivity contribution in [3.05, 3.63) is 65.2 Å². The summed E-state index contributed by atoms with van der Waals surface area (Å²) >= 11 is 0. The molecule has 0 aliphatic carbocycles. The number of hydrogen-bond acceptors (Lipinski definition) is 5. The normalized spacial score (nSPS) is 17.6. The molecule has 2 aromatic carbocycles. The van der Waals surface area contributed by atoms with Gasteiger partial charge in [-0.25, -0.2) is 8.42 Å². The highest BCUT2D eigenvalue weighted by Gasteiger charge is 2.33. The number of amidine groups is 1. The van der Waals surface area contributed by atoms with Gasteiger partial charge in [0.15, 0.2) is 0 Å². The Hall–Kier alpha value is -2.71. The zero-order chi connectivity index (χ0) is 23.3. The Bertz CT molecular complexity index is 1080. The van der Waals surface area contributed by atoms with Gasteiger partial charge in [-0.3, -0.25) is 14.5 Å². The van der Waals surface area contributed by atoms with Crippen LogP contribution in [0, 0.1) is 5.92 Å². The quantitative estimate of drug-likeness (QED) is 0.603. The van der Waals surface area contributed by atoms with Gasteiger partial charge in [-0.05, 0) is 43.0 Å². The van der Waals surface area contributed by atoms with Crippen molar-refractivity contribution in [2.24, 2.45) is 10.9 Å². The van der Waals surface area contributed by atoms with Crippen molar-refractivity contribution in [1.82, 2.24) is 10.0 Å². The molecule has 0 radical (unpaired) electrons. The lowest BCUT2D eigenvalue weighted by molar-refractivity contribution is -0.123. The van der Waals surface area contributed by atoms with Gasteiger partial charge < -0.3 is 10.1 Å². The fraction of sp³-hybridized carbons (Fsp3) is 0.417. The molecule has 32 heavy (non-hydrogen) atoms. The summed E-state index contributed by atoms with van der Waals surface area (Å²) in [6.45, 7) is 8.83. The molecule has 1 aliphatic rings. The molecule has 1 amide bonds. The van der Waals surface area contributed by atoms with Crippen LogP contribution in [-0.2, 0) is 32.7 Å². The second-order valence-corrected chi connectivity index (χ2v) is 9.95. The zero-order valence-corrected chi connectivity index (χ0v) is 19.8. The number of carbonyl (C=O) groups is 1. The molecule has 2 N–H and O–H groups in total. The second-order valence-electron chi connectivity index (χ2n) is 8.30. The van der Waals surface area contributed by atoms with Crippen LogP contribution >= 0.6 is 0 Å². The smallest absolute Gasteiger partial charge is 0.263 e. The van der Waals surface area contributed by atoms with E-state index in [-0.39, 0.29) is 28.7 Å². The van der Waals surface area contributed by atoms with E-state index in [9.17, 15) is 13.2 Å². The van der Waals surface area contributed by atoms with Gasteiger partial charge in [0.2, 0.25) is 5.91 Å². The molecule has 0 saturated heterocycles. The van der Waals surface area contributed by atoms with E-state index in [0.717, 1.165) is 17.5 Å². The number of nitrogens with zero attached hydrogens (tertiary/aromatic N) is 1. The van der Waals surface area contributed by atoms with E-state index in [2.05, 4.69) is 15.0 Å². The largest absolute Gasteiger partial charge is 0.374 e. The molecule has 8 heteroatoms. The molecular formula is C24H31N3O4S. The van der Waals surface area contributed by atoms with Crippen molar-refractivity contribution in [3.63, 3.8) is 0 Å². The Labute approximate surface area is 190 Å². The third kappa shape index (κ3) is 5.75. The predicted octanol–water partition coefficient (Wildman–Crippen LogP) is 3.38. The summed E-state index contributed by atoms with van der Waals surface area (Å²) in [4.78, 5) is 17.7. The van der Waals surface area contributed by atoms with Crippen LogP contribution in [-0.4, -0.2) is 32.3 Å². The average molecular weight is 458 g/mol. The van der Waals surface area contributed by atoms with Crippen molar-refractivity contribution < 1.29 is 17.9 Å². The third-order valence-corrected chi connectivity index (χ3v) is 6.85. The number of benzene rings is 2. The second kappa shape index (κ2) is 10.3. The molecule has 0 fully saturated rings. The molecule has 0 saturated carbocycles. The highest BCUT2D eigenvalue weighted by atomic mass is 32.2. The number of nitrogens with one attached hydrogen (secondary N) is 2. The molecule has 0 aromatic heterocycles. The van der Waals surface area contributed by atoms with Crippen LogP contribution in [0.25, 0.3) is 0 Å². The maximum absolute atomic E-state index is 13.0. The summed E-state index contributed by atoms with van der Waals surface area (Å²) in [6.07, 6.45) is 0.901. The maximum atomic E-state index is 13.0. The first-order valence-electron chi connectivity index (χ1n) is 10.9. The van der Waals surface area contributed by atoms with Crippen LogP contribution in [0.1, 0.15) is 50.8 Å². The van der Waals surface area contributed by atoms with E-state index >= 15 is 0 Å². The zero-order valence-electron chi connectivity index (χ0n) is 19.0. The first-order chi connectivity index (χ1) is 15.2. The van der Waals surface area contributed by atoms with E-state index < -0.39 is 16.1 Å². The highest BCUT2D eigenvalue weighted by Crippen LogP contribution is 2.24. The number of hydrogen-bond donors (Lipinski definition) is 2. The molecule has 1 heterocycles. The minimum absolute atomic E-state index is 0.0599. The van der Waals surface area contributed by atoms with E-state index in [1.165, 1.54) is 6.07 Å². The topological polar surface area (TPSA) is 96.9 Å². The van der Waals surface area contributed by atoms with Gasteiger partial charge in [0.1, 0.15) is 11.9 Å². The Kier molecular flexibility index (Phi) is 7.69. The van der Waals surface area contributed by atoms with Crippen molar-refractivity contribution in [2.75, 3.05) is 0 Å². The predicted molar refractivity (Wildman–Crippen MR) is 125 cm³/mol. The minimum Gasteiger partial charge on any atom is -0.374 e. The Morgan fingerprint density at radius 2 is 1.72 bits per heavy atom. The number of ether oxygens (including phenoxy) is 1. The molecule has 3 rings (SSSR count). The number of fused-ring (bicyclic) bond motifs is 1. The average Bonchev–Trinajstić information content (AvgIpc) is 3.04. The van der Waals surface area contributed by atoms with E-state index in [4.69, 9.17) is 4.74 Å². The van der Waals surface area contributed by atoms with Gasteiger partial charge in [0.25, 0.3) is 10.0 Å². The molecule has 2 aromatic rings.